The number of hydrogen-bond acceptors (Lipinski definition) is 5. The van der Waals surface area contributed by atoms with Crippen LogP contribution in [0.4, 0.5) is 0 Å². The van der Waals surface area contributed by atoms with Gasteiger partial charge in [0.25, 0.3) is 5.91 Å². The molecule has 7 nitrogen and oxygen atoms in total. The van der Waals surface area contributed by atoms with Gasteiger partial charge in [0, 0.05) is 18.4 Å². The number of esters is 1. The summed E-state index contributed by atoms with van der Waals surface area (Å²) in [5.41, 5.74) is 0.149. The number of hydrogen-bond donors (Lipinski definition) is 1. The Morgan fingerprint density at radius 3 is 2.50 bits per heavy atom. The van der Waals surface area contributed by atoms with Gasteiger partial charge in [0.2, 0.25) is 5.88 Å². The number of aromatic nitrogens is 1. The van der Waals surface area contributed by atoms with Crippen molar-refractivity contribution < 1.29 is 18.7 Å². The van der Waals surface area contributed by atoms with Crippen LogP contribution in [0.2, 0.25) is 0 Å². The Morgan fingerprint density at radius 1 is 1.25 bits per heavy atom. The second-order valence-corrected chi connectivity index (χ2v) is 7.16. The molecule has 148 valence electrons. The van der Waals surface area contributed by atoms with E-state index in [1.807, 2.05) is 6.07 Å². The maximum Gasteiger partial charge on any atom is 0.343 e. The first-order valence-electron chi connectivity index (χ1n) is 9.69. The van der Waals surface area contributed by atoms with Crippen molar-refractivity contribution in [2.75, 3.05) is 0 Å². The van der Waals surface area contributed by atoms with Gasteiger partial charge in [-0.15, -0.1) is 0 Å². The van der Waals surface area contributed by atoms with Gasteiger partial charge in [0.1, 0.15) is 23.0 Å². The van der Waals surface area contributed by atoms with E-state index in [4.69, 9.17) is 9.15 Å². The van der Waals surface area contributed by atoms with E-state index in [9.17, 15) is 14.9 Å². The minimum absolute atomic E-state index is 0.0558. The zero-order valence-corrected chi connectivity index (χ0v) is 16.2. The van der Waals surface area contributed by atoms with Gasteiger partial charge in [0.05, 0.1) is 0 Å². The molecule has 0 unspecified atom stereocenters. The lowest BCUT2D eigenvalue weighted by molar-refractivity contribution is -0.129. The predicted molar refractivity (Wildman–Crippen MR) is 102 cm³/mol. The Morgan fingerprint density at radius 2 is 1.89 bits per heavy atom. The first-order valence-corrected chi connectivity index (χ1v) is 9.69. The maximum absolute atomic E-state index is 12.7. The predicted octanol–water partition coefficient (Wildman–Crippen LogP) is 3.63. The molecule has 1 aliphatic carbocycles. The van der Waals surface area contributed by atoms with Gasteiger partial charge in [-0.2, -0.15) is 5.26 Å². The summed E-state index contributed by atoms with van der Waals surface area (Å²) in [7, 11) is 0. The molecule has 1 N–H and O–H groups in total. The SMILES string of the molecule is Cc1oc(-n2cccc2)c(C#N)c1C(=O)O[C@H](C)C(=O)NC1CCCCCC1. The fraction of sp³-hybridized carbons (Fsp3) is 0.476. The fourth-order valence-electron chi connectivity index (χ4n) is 3.55. The normalized spacial score (nSPS) is 16.0. The van der Waals surface area contributed by atoms with Crippen molar-refractivity contribution in [3.05, 3.63) is 41.4 Å². The molecule has 0 radical (unpaired) electrons. The molecule has 0 aromatic carbocycles. The van der Waals surface area contributed by atoms with Crippen molar-refractivity contribution in [2.24, 2.45) is 0 Å². The Balaban J connectivity index is 1.70. The number of ether oxygens (including phenoxy) is 1. The number of nitrogens with one attached hydrogen (secondary N) is 1. The van der Waals surface area contributed by atoms with E-state index in [1.165, 1.54) is 19.8 Å². The molecule has 2 aromatic rings. The molecule has 1 saturated carbocycles. The van der Waals surface area contributed by atoms with Crippen molar-refractivity contribution >= 4 is 11.9 Å². The average Bonchev–Trinajstić information content (AvgIpc) is 3.23. The van der Waals surface area contributed by atoms with Gasteiger partial charge in [0.15, 0.2) is 6.10 Å². The van der Waals surface area contributed by atoms with E-state index in [0.717, 1.165) is 25.7 Å². The number of carbonyl (C=O) groups is 2. The van der Waals surface area contributed by atoms with Crippen molar-refractivity contribution in [1.29, 1.82) is 5.26 Å². The third-order valence-electron chi connectivity index (χ3n) is 5.08. The molecule has 0 saturated heterocycles. The fourth-order valence-corrected chi connectivity index (χ4v) is 3.55. The third kappa shape index (κ3) is 4.28. The second-order valence-electron chi connectivity index (χ2n) is 7.16. The van der Waals surface area contributed by atoms with Crippen LogP contribution < -0.4 is 5.32 Å². The minimum Gasteiger partial charge on any atom is -0.449 e. The van der Waals surface area contributed by atoms with Gasteiger partial charge in [-0.25, -0.2) is 4.79 Å². The minimum atomic E-state index is -0.952. The number of nitriles is 1. The quantitative estimate of drug-likeness (QED) is 0.628. The lowest BCUT2D eigenvalue weighted by atomic mass is 10.1. The van der Waals surface area contributed by atoms with Gasteiger partial charge < -0.3 is 14.5 Å². The van der Waals surface area contributed by atoms with Crippen molar-refractivity contribution in [2.45, 2.75) is 64.5 Å². The number of aryl methyl sites for hydroxylation is 1. The molecule has 1 amide bonds. The lowest BCUT2D eigenvalue weighted by Crippen LogP contribution is -2.41. The first-order chi connectivity index (χ1) is 13.5. The van der Waals surface area contributed by atoms with Gasteiger partial charge in [-0.3, -0.25) is 9.36 Å². The monoisotopic (exact) mass is 383 g/mol. The Labute approximate surface area is 164 Å². The average molecular weight is 383 g/mol. The summed E-state index contributed by atoms with van der Waals surface area (Å²) in [4.78, 5) is 25.1. The molecule has 28 heavy (non-hydrogen) atoms. The van der Waals surface area contributed by atoms with Crippen molar-refractivity contribution in [1.82, 2.24) is 9.88 Å². The second kappa shape index (κ2) is 8.79. The lowest BCUT2D eigenvalue weighted by Gasteiger charge is -2.19. The zero-order valence-electron chi connectivity index (χ0n) is 16.2. The molecule has 0 aliphatic heterocycles. The molecule has 7 heteroatoms. The Bertz CT molecular complexity index is 868. The van der Waals surface area contributed by atoms with E-state index in [1.54, 1.807) is 36.0 Å². The molecule has 3 rings (SSSR count). The highest BCUT2D eigenvalue weighted by Gasteiger charge is 2.29. The summed E-state index contributed by atoms with van der Waals surface area (Å²) < 4.78 is 12.6. The highest BCUT2D eigenvalue weighted by molar-refractivity contribution is 5.96. The highest BCUT2D eigenvalue weighted by atomic mass is 16.5. The van der Waals surface area contributed by atoms with Crippen molar-refractivity contribution in [3.63, 3.8) is 0 Å². The van der Waals surface area contributed by atoms with Crippen molar-refractivity contribution in [3.8, 4) is 12.0 Å². The van der Waals surface area contributed by atoms with E-state index < -0.39 is 12.1 Å². The summed E-state index contributed by atoms with van der Waals surface area (Å²) in [6.07, 6.45) is 8.97. The van der Waals surface area contributed by atoms with E-state index >= 15 is 0 Å². The van der Waals surface area contributed by atoms with Crippen LogP contribution in [0.15, 0.2) is 28.9 Å². The Kier molecular flexibility index (Phi) is 6.19. The summed E-state index contributed by atoms with van der Waals surface area (Å²) in [5, 5.41) is 12.5. The Hall–Kier alpha value is -3.01. The topological polar surface area (TPSA) is 97.3 Å². The molecule has 0 spiro atoms. The zero-order chi connectivity index (χ0) is 20.1. The molecule has 1 fully saturated rings. The summed E-state index contributed by atoms with van der Waals surface area (Å²) >= 11 is 0. The molecule has 2 heterocycles. The summed E-state index contributed by atoms with van der Waals surface area (Å²) in [6, 6.07) is 5.72. The summed E-state index contributed by atoms with van der Waals surface area (Å²) in [5.74, 6) is -0.514. The van der Waals surface area contributed by atoms with E-state index in [2.05, 4.69) is 5.32 Å². The number of furan rings is 1. The third-order valence-corrected chi connectivity index (χ3v) is 5.08. The van der Waals surface area contributed by atoms with Crippen LogP contribution in [-0.2, 0) is 9.53 Å². The first kappa shape index (κ1) is 19.7. The largest absolute Gasteiger partial charge is 0.449 e. The molecular formula is C21H25N3O4. The standard InChI is InChI=1S/C21H25N3O4/c1-14-18(17(13-22)20(27-14)24-11-7-8-12-24)21(26)28-15(2)19(25)23-16-9-5-3-4-6-10-16/h7-8,11-12,15-16H,3-6,9-10H2,1-2H3,(H,23,25)/t15-/m1/s1. The van der Waals surface area contributed by atoms with Gasteiger partial charge in [-0.05, 0) is 38.8 Å². The number of amides is 1. The van der Waals surface area contributed by atoms with Crippen LogP contribution in [0.1, 0.15) is 67.1 Å². The van der Waals surface area contributed by atoms with Crippen LogP contribution in [-0.4, -0.2) is 28.6 Å². The van der Waals surface area contributed by atoms with Crippen LogP contribution in [0.3, 0.4) is 0 Å². The number of rotatable bonds is 5. The number of carbonyl (C=O) groups excluding carboxylic acids is 2. The van der Waals surface area contributed by atoms with Gasteiger partial charge >= 0.3 is 5.97 Å². The van der Waals surface area contributed by atoms with Crippen LogP contribution >= 0.6 is 0 Å². The van der Waals surface area contributed by atoms with Crippen LogP contribution in [0, 0.1) is 18.3 Å². The molecule has 1 aliphatic rings. The van der Waals surface area contributed by atoms with Crippen LogP contribution in [0.5, 0.6) is 0 Å². The molecule has 0 bridgehead atoms. The maximum atomic E-state index is 12.7. The molecule has 2 aromatic heterocycles. The molecular weight excluding hydrogens is 358 g/mol. The molecule has 1 atom stereocenters. The van der Waals surface area contributed by atoms with E-state index in [-0.39, 0.29) is 34.7 Å². The summed E-state index contributed by atoms with van der Waals surface area (Å²) in [6.45, 7) is 3.14. The van der Waals surface area contributed by atoms with E-state index in [0.29, 0.717) is 0 Å². The van der Waals surface area contributed by atoms with Gasteiger partial charge in [-0.1, -0.05) is 25.7 Å². The smallest absolute Gasteiger partial charge is 0.343 e. The van der Waals surface area contributed by atoms with Crippen LogP contribution in [0.25, 0.3) is 5.88 Å². The highest BCUT2D eigenvalue weighted by Crippen LogP contribution is 2.26. The number of nitrogens with zero attached hydrogens (tertiary/aromatic N) is 2.